The Morgan fingerprint density at radius 1 is 1.00 bits per heavy atom. The second kappa shape index (κ2) is 8.72. The molecule has 0 aliphatic rings. The van der Waals surface area contributed by atoms with Gasteiger partial charge in [0.05, 0.1) is 0 Å². The highest BCUT2D eigenvalue weighted by Gasteiger charge is 2.15. The van der Waals surface area contributed by atoms with Gasteiger partial charge in [-0.2, -0.15) is 0 Å². The van der Waals surface area contributed by atoms with Gasteiger partial charge in [0.25, 0.3) is 5.91 Å². The number of nitrogens with one attached hydrogen (secondary N) is 2. The van der Waals surface area contributed by atoms with E-state index in [1.54, 1.807) is 19.1 Å². The third-order valence-electron chi connectivity index (χ3n) is 3.51. The van der Waals surface area contributed by atoms with Crippen LogP contribution in [0.3, 0.4) is 0 Å². The predicted molar refractivity (Wildman–Crippen MR) is 92.3 cm³/mol. The fourth-order valence-corrected chi connectivity index (χ4v) is 2.07. The van der Waals surface area contributed by atoms with Crippen LogP contribution >= 0.6 is 0 Å². The lowest BCUT2D eigenvalue weighted by molar-refractivity contribution is -0.132. The average Bonchev–Trinajstić information content (AvgIpc) is 2.60. The minimum Gasteiger partial charge on any atom is -0.481 e. The lowest BCUT2D eigenvalue weighted by Crippen LogP contribution is -2.47. The first-order valence-electron chi connectivity index (χ1n) is 7.90. The Kier molecular flexibility index (Phi) is 6.37. The summed E-state index contributed by atoms with van der Waals surface area (Å²) in [4.78, 5) is 23.7. The molecular formula is C19H22N2O3. The Morgan fingerprint density at radius 2 is 1.67 bits per heavy atom. The van der Waals surface area contributed by atoms with Crippen molar-refractivity contribution in [3.63, 3.8) is 0 Å². The van der Waals surface area contributed by atoms with Gasteiger partial charge in [0.1, 0.15) is 5.75 Å². The van der Waals surface area contributed by atoms with Crippen molar-refractivity contribution >= 4 is 11.8 Å². The number of hydrazine groups is 1. The molecule has 0 aliphatic heterocycles. The van der Waals surface area contributed by atoms with Crippen LogP contribution in [0.15, 0.2) is 54.6 Å². The van der Waals surface area contributed by atoms with Crippen molar-refractivity contribution in [3.05, 3.63) is 65.7 Å². The van der Waals surface area contributed by atoms with Gasteiger partial charge in [-0.05, 0) is 38.0 Å². The molecule has 1 unspecified atom stereocenters. The molecule has 0 saturated carbocycles. The van der Waals surface area contributed by atoms with E-state index in [2.05, 4.69) is 10.9 Å². The van der Waals surface area contributed by atoms with Gasteiger partial charge in [-0.3, -0.25) is 20.4 Å². The minimum atomic E-state index is -0.706. The van der Waals surface area contributed by atoms with Gasteiger partial charge < -0.3 is 4.74 Å². The smallest absolute Gasteiger partial charge is 0.279 e. The maximum absolute atomic E-state index is 11.9. The predicted octanol–water partition coefficient (Wildman–Crippen LogP) is 2.54. The maximum atomic E-state index is 11.9. The van der Waals surface area contributed by atoms with E-state index in [-0.39, 0.29) is 5.91 Å². The average molecular weight is 326 g/mol. The van der Waals surface area contributed by atoms with Crippen molar-refractivity contribution in [2.75, 3.05) is 0 Å². The molecule has 2 aromatic carbocycles. The summed E-state index contributed by atoms with van der Waals surface area (Å²) in [5.74, 6) is -0.0305. The van der Waals surface area contributed by atoms with Gasteiger partial charge >= 0.3 is 0 Å². The molecule has 0 saturated heterocycles. The van der Waals surface area contributed by atoms with Crippen LogP contribution in [0.25, 0.3) is 0 Å². The highest BCUT2D eigenvalue weighted by molar-refractivity contribution is 5.84. The van der Waals surface area contributed by atoms with Gasteiger partial charge in [0, 0.05) is 6.42 Å². The summed E-state index contributed by atoms with van der Waals surface area (Å²) < 4.78 is 5.53. The maximum Gasteiger partial charge on any atom is 0.279 e. The first-order chi connectivity index (χ1) is 11.5. The molecule has 5 heteroatoms. The monoisotopic (exact) mass is 326 g/mol. The largest absolute Gasteiger partial charge is 0.481 e. The second-order valence-electron chi connectivity index (χ2n) is 5.60. The first kappa shape index (κ1) is 17.5. The van der Waals surface area contributed by atoms with Crippen LogP contribution in [0, 0.1) is 6.92 Å². The Morgan fingerprint density at radius 3 is 2.33 bits per heavy atom. The summed E-state index contributed by atoms with van der Waals surface area (Å²) >= 11 is 0. The van der Waals surface area contributed by atoms with E-state index in [1.807, 2.05) is 49.4 Å². The molecule has 0 bridgehead atoms. The summed E-state index contributed by atoms with van der Waals surface area (Å²) in [5, 5.41) is 0. The molecule has 2 rings (SSSR count). The standard InChI is InChI=1S/C19H22N2O3/c1-14-8-11-17(12-9-14)24-15(2)19(23)21-20-18(22)13-10-16-6-4-3-5-7-16/h3-9,11-12,15H,10,13H2,1-2H3,(H,20,22)(H,21,23). The van der Waals surface area contributed by atoms with Crippen molar-refractivity contribution in [1.29, 1.82) is 0 Å². The highest BCUT2D eigenvalue weighted by atomic mass is 16.5. The number of ether oxygens (including phenoxy) is 1. The number of rotatable bonds is 6. The van der Waals surface area contributed by atoms with Crippen molar-refractivity contribution < 1.29 is 14.3 Å². The molecule has 126 valence electrons. The highest BCUT2D eigenvalue weighted by Crippen LogP contribution is 2.13. The van der Waals surface area contributed by atoms with E-state index in [0.717, 1.165) is 11.1 Å². The number of aryl methyl sites for hydroxylation is 2. The zero-order chi connectivity index (χ0) is 17.4. The number of carbonyl (C=O) groups excluding carboxylic acids is 2. The molecule has 5 nitrogen and oxygen atoms in total. The molecule has 1 atom stereocenters. The first-order valence-corrected chi connectivity index (χ1v) is 7.90. The van der Waals surface area contributed by atoms with E-state index >= 15 is 0 Å². The van der Waals surface area contributed by atoms with Crippen LogP contribution in [-0.4, -0.2) is 17.9 Å². The van der Waals surface area contributed by atoms with Gasteiger partial charge in [0.2, 0.25) is 5.91 Å². The summed E-state index contributed by atoms with van der Waals surface area (Å²) in [6.07, 6.45) is 0.220. The van der Waals surface area contributed by atoms with Crippen LogP contribution < -0.4 is 15.6 Å². The zero-order valence-corrected chi connectivity index (χ0v) is 13.9. The number of hydrogen-bond donors (Lipinski definition) is 2. The van der Waals surface area contributed by atoms with Crippen molar-refractivity contribution in [2.24, 2.45) is 0 Å². The second-order valence-corrected chi connectivity index (χ2v) is 5.60. The molecule has 2 aromatic rings. The van der Waals surface area contributed by atoms with Crippen molar-refractivity contribution in [2.45, 2.75) is 32.8 Å². The van der Waals surface area contributed by atoms with Crippen molar-refractivity contribution in [3.8, 4) is 5.75 Å². The topological polar surface area (TPSA) is 67.4 Å². The number of benzene rings is 2. The molecule has 0 fully saturated rings. The normalized spacial score (nSPS) is 11.4. The summed E-state index contributed by atoms with van der Waals surface area (Å²) in [6.45, 7) is 3.61. The quantitative estimate of drug-likeness (QED) is 0.802. The van der Waals surface area contributed by atoms with Crippen LogP contribution in [-0.2, 0) is 16.0 Å². The van der Waals surface area contributed by atoms with E-state index < -0.39 is 12.0 Å². The van der Waals surface area contributed by atoms with Crippen LogP contribution in [0.1, 0.15) is 24.5 Å². The fourth-order valence-electron chi connectivity index (χ4n) is 2.07. The zero-order valence-electron chi connectivity index (χ0n) is 13.9. The molecule has 0 heterocycles. The molecule has 0 radical (unpaired) electrons. The molecule has 0 aliphatic carbocycles. The van der Waals surface area contributed by atoms with Crippen LogP contribution in [0.2, 0.25) is 0 Å². The van der Waals surface area contributed by atoms with Gasteiger partial charge in [0.15, 0.2) is 6.10 Å². The number of amides is 2. The minimum absolute atomic E-state index is 0.241. The molecule has 2 amide bonds. The Bertz CT molecular complexity index is 669. The molecule has 0 spiro atoms. The third kappa shape index (κ3) is 5.76. The SMILES string of the molecule is Cc1ccc(OC(C)C(=O)NNC(=O)CCc2ccccc2)cc1. The summed E-state index contributed by atoms with van der Waals surface area (Å²) in [5.41, 5.74) is 6.99. The van der Waals surface area contributed by atoms with E-state index in [1.165, 1.54) is 0 Å². The molecular weight excluding hydrogens is 304 g/mol. The Balaban J connectivity index is 1.71. The van der Waals surface area contributed by atoms with E-state index in [4.69, 9.17) is 4.74 Å². The van der Waals surface area contributed by atoms with Gasteiger partial charge in [-0.15, -0.1) is 0 Å². The van der Waals surface area contributed by atoms with Gasteiger partial charge in [-0.1, -0.05) is 48.0 Å². The van der Waals surface area contributed by atoms with Crippen LogP contribution in [0.4, 0.5) is 0 Å². The fraction of sp³-hybridized carbons (Fsp3) is 0.263. The molecule has 24 heavy (non-hydrogen) atoms. The lowest BCUT2D eigenvalue weighted by atomic mass is 10.1. The van der Waals surface area contributed by atoms with E-state index in [0.29, 0.717) is 18.6 Å². The number of carbonyl (C=O) groups is 2. The van der Waals surface area contributed by atoms with Crippen molar-refractivity contribution in [1.82, 2.24) is 10.9 Å². The lowest BCUT2D eigenvalue weighted by Gasteiger charge is -2.15. The Labute approximate surface area is 142 Å². The summed E-state index contributed by atoms with van der Waals surface area (Å²) in [7, 11) is 0. The Hall–Kier alpha value is -2.82. The third-order valence-corrected chi connectivity index (χ3v) is 3.51. The van der Waals surface area contributed by atoms with Gasteiger partial charge in [-0.25, -0.2) is 0 Å². The summed E-state index contributed by atoms with van der Waals surface area (Å²) in [6, 6.07) is 17.1. The molecule has 0 aromatic heterocycles. The molecule has 2 N–H and O–H groups in total. The van der Waals surface area contributed by atoms with Crippen LogP contribution in [0.5, 0.6) is 5.75 Å². The number of hydrogen-bond acceptors (Lipinski definition) is 3. The van der Waals surface area contributed by atoms with E-state index in [9.17, 15) is 9.59 Å².